The molecule has 29 heavy (non-hydrogen) atoms. The molecule has 8 heteroatoms. The van der Waals surface area contributed by atoms with E-state index in [2.05, 4.69) is 9.84 Å². The van der Waals surface area contributed by atoms with Crippen molar-refractivity contribution >= 4 is 11.7 Å². The number of benzene rings is 1. The molecule has 1 fully saturated rings. The minimum absolute atomic E-state index is 0.0446. The van der Waals surface area contributed by atoms with Gasteiger partial charge in [0.15, 0.2) is 0 Å². The Morgan fingerprint density at radius 1 is 1.34 bits per heavy atom. The highest BCUT2D eigenvalue weighted by Crippen LogP contribution is 2.44. The molecule has 1 aliphatic carbocycles. The maximum atomic E-state index is 13.7. The molecule has 0 aromatic heterocycles. The van der Waals surface area contributed by atoms with Crippen LogP contribution in [0.25, 0.3) is 4.85 Å². The van der Waals surface area contributed by atoms with Gasteiger partial charge in [0.25, 0.3) is 6.04 Å². The Hall–Kier alpha value is -2.69. The van der Waals surface area contributed by atoms with Crippen molar-refractivity contribution in [2.45, 2.75) is 51.2 Å². The monoisotopic (exact) mass is 408 g/mol. The quantitative estimate of drug-likeness (QED) is 0.377. The van der Waals surface area contributed by atoms with Crippen LogP contribution in [0, 0.1) is 18.3 Å². The lowest BCUT2D eigenvalue weighted by atomic mass is 9.78. The molecule has 3 rings (SSSR count). The second-order valence-corrected chi connectivity index (χ2v) is 7.29. The number of hydrogen-bond donors (Lipinski definition) is 0. The molecule has 0 bridgehead atoms. The van der Waals surface area contributed by atoms with E-state index in [0.29, 0.717) is 17.5 Å². The number of rotatable bonds is 5. The van der Waals surface area contributed by atoms with Gasteiger partial charge in [-0.15, -0.1) is 0 Å². The van der Waals surface area contributed by atoms with Crippen molar-refractivity contribution in [1.29, 1.82) is 0 Å². The molecule has 2 atom stereocenters. The first kappa shape index (κ1) is 21.0. The molecule has 1 aromatic carbocycles. The summed E-state index contributed by atoms with van der Waals surface area (Å²) in [4.78, 5) is 20.6. The predicted octanol–water partition coefficient (Wildman–Crippen LogP) is 5.31. The van der Waals surface area contributed by atoms with Gasteiger partial charge in [-0.2, -0.15) is 13.2 Å². The van der Waals surface area contributed by atoms with E-state index in [9.17, 15) is 22.4 Å². The number of aliphatic imine (C=N–C) groups is 1. The fraction of sp³-hybridized carbons (Fsp3) is 0.476. The van der Waals surface area contributed by atoms with Crippen LogP contribution in [-0.4, -0.2) is 24.3 Å². The molecule has 154 valence electrons. The molecule has 0 amide bonds. The van der Waals surface area contributed by atoms with Gasteiger partial charge < -0.3 is 9.58 Å². The van der Waals surface area contributed by atoms with Crippen LogP contribution in [0.1, 0.15) is 50.2 Å². The average Bonchev–Trinajstić information content (AvgIpc) is 3.49. The highest BCUT2D eigenvalue weighted by atomic mass is 19.4. The highest BCUT2D eigenvalue weighted by molar-refractivity contribution is 6.00. The molecule has 1 heterocycles. The number of ether oxygens (including phenoxy) is 1. The zero-order valence-corrected chi connectivity index (χ0v) is 16.0. The van der Waals surface area contributed by atoms with Crippen LogP contribution in [0.2, 0.25) is 0 Å². The van der Waals surface area contributed by atoms with Gasteiger partial charge in [-0.1, -0.05) is 13.0 Å². The molecule has 2 unspecified atom stereocenters. The van der Waals surface area contributed by atoms with Crippen LogP contribution < -0.4 is 0 Å². The Balaban J connectivity index is 2.17. The largest absolute Gasteiger partial charge is 0.462 e. The van der Waals surface area contributed by atoms with Crippen molar-refractivity contribution in [1.82, 2.24) is 0 Å². The topological polar surface area (TPSA) is 43.0 Å². The molecule has 2 aliphatic rings. The van der Waals surface area contributed by atoms with E-state index in [4.69, 9.17) is 11.3 Å². The first-order chi connectivity index (χ1) is 13.7. The van der Waals surface area contributed by atoms with Crippen LogP contribution in [-0.2, 0) is 15.7 Å². The molecule has 0 saturated heterocycles. The number of alkyl halides is 3. The summed E-state index contributed by atoms with van der Waals surface area (Å²) in [7, 11) is 0. The van der Waals surface area contributed by atoms with Gasteiger partial charge in [-0.25, -0.2) is 15.8 Å². The van der Waals surface area contributed by atoms with Gasteiger partial charge in [0.1, 0.15) is 5.82 Å². The maximum Gasteiger partial charge on any atom is 0.416 e. The van der Waals surface area contributed by atoms with Gasteiger partial charge in [0, 0.05) is 0 Å². The molecule has 0 spiro atoms. The second-order valence-electron chi connectivity index (χ2n) is 7.29. The van der Waals surface area contributed by atoms with Crippen LogP contribution in [0.3, 0.4) is 0 Å². The van der Waals surface area contributed by atoms with Crippen molar-refractivity contribution in [3.63, 3.8) is 0 Å². The summed E-state index contributed by atoms with van der Waals surface area (Å²) in [6.07, 6.45) is -2.68. The first-order valence-electron chi connectivity index (χ1n) is 9.35. The second kappa shape index (κ2) is 7.97. The Kier molecular flexibility index (Phi) is 5.78. The number of carbonyl (C=O) groups is 1. The molecule has 0 radical (unpaired) electrons. The van der Waals surface area contributed by atoms with Crippen molar-refractivity contribution in [2.24, 2.45) is 10.9 Å². The van der Waals surface area contributed by atoms with Crippen LogP contribution in [0.5, 0.6) is 0 Å². The third kappa shape index (κ3) is 4.34. The summed E-state index contributed by atoms with van der Waals surface area (Å²) in [5.74, 6) is -2.77. The van der Waals surface area contributed by atoms with E-state index in [1.807, 2.05) is 0 Å². The Morgan fingerprint density at radius 2 is 2.03 bits per heavy atom. The van der Waals surface area contributed by atoms with Crippen LogP contribution in [0.15, 0.2) is 34.5 Å². The van der Waals surface area contributed by atoms with Crippen molar-refractivity contribution in [3.8, 4) is 0 Å². The van der Waals surface area contributed by atoms with E-state index in [-0.39, 0.29) is 30.1 Å². The summed E-state index contributed by atoms with van der Waals surface area (Å²) >= 11 is 0. The fourth-order valence-corrected chi connectivity index (χ4v) is 3.53. The Bertz CT molecular complexity index is 924. The number of esters is 1. The smallest absolute Gasteiger partial charge is 0.416 e. The van der Waals surface area contributed by atoms with Gasteiger partial charge in [-0.05, 0) is 49.8 Å². The third-order valence-corrected chi connectivity index (χ3v) is 5.17. The van der Waals surface area contributed by atoms with Crippen molar-refractivity contribution in [3.05, 3.63) is 57.8 Å². The molecular weight excluding hydrogens is 388 g/mol. The molecule has 1 aliphatic heterocycles. The summed E-state index contributed by atoms with van der Waals surface area (Å²) in [6.45, 7) is 11.0. The Morgan fingerprint density at radius 3 is 2.59 bits per heavy atom. The maximum absolute atomic E-state index is 13.7. The van der Waals surface area contributed by atoms with Crippen molar-refractivity contribution in [2.75, 3.05) is 6.61 Å². The lowest BCUT2D eigenvalue weighted by Crippen LogP contribution is -2.34. The minimum Gasteiger partial charge on any atom is -0.462 e. The zero-order chi connectivity index (χ0) is 21.3. The average molecular weight is 408 g/mol. The van der Waals surface area contributed by atoms with E-state index in [1.165, 1.54) is 0 Å². The number of halogens is 4. The van der Waals surface area contributed by atoms with Crippen LogP contribution >= 0.6 is 0 Å². The van der Waals surface area contributed by atoms with Gasteiger partial charge in [-0.3, -0.25) is 4.99 Å². The van der Waals surface area contributed by atoms with Gasteiger partial charge in [0.2, 0.25) is 0 Å². The molecular formula is C21H20F4N2O2. The van der Waals surface area contributed by atoms with Gasteiger partial charge >= 0.3 is 12.1 Å². The zero-order valence-electron chi connectivity index (χ0n) is 16.0. The third-order valence-electron chi connectivity index (χ3n) is 5.17. The number of carbonyl (C=O) groups excluding carboxylic acids is 1. The fourth-order valence-electron chi connectivity index (χ4n) is 3.53. The van der Waals surface area contributed by atoms with Gasteiger partial charge in [0.05, 0.1) is 35.1 Å². The lowest BCUT2D eigenvalue weighted by molar-refractivity contribution is -0.141. The van der Waals surface area contributed by atoms with E-state index < -0.39 is 35.5 Å². The molecule has 1 saturated carbocycles. The number of allylic oxidation sites excluding steroid dienone is 1. The SMILES string of the molecule is [C-]#[N+]C1C(C)=NC(CC)=C(C(=O)OCC2CC2)C1c1ccc(F)cc1C(F)(F)F. The lowest BCUT2D eigenvalue weighted by Gasteiger charge is -2.28. The van der Waals surface area contributed by atoms with Crippen LogP contribution in [0.4, 0.5) is 17.6 Å². The van der Waals surface area contributed by atoms with E-state index in [1.54, 1.807) is 13.8 Å². The summed E-state index contributed by atoms with van der Waals surface area (Å²) in [6, 6.07) is 1.20. The highest BCUT2D eigenvalue weighted by Gasteiger charge is 2.46. The minimum atomic E-state index is -4.85. The van der Waals surface area contributed by atoms with Crippen molar-refractivity contribution < 1.29 is 27.1 Å². The number of hydrogen-bond acceptors (Lipinski definition) is 3. The standard InChI is InChI=1S/C21H20F4N2O2/c1-4-16-18(20(28)29-10-12-5-6-12)17(19(26-3)11(2)27-16)14-8-7-13(22)9-15(14)21(23,24)25/h7-9,12,17,19H,4-6,10H2,1-2H3. The molecule has 4 nitrogen and oxygen atoms in total. The first-order valence-corrected chi connectivity index (χ1v) is 9.35. The normalized spacial score (nSPS) is 22.2. The molecule has 0 N–H and O–H groups in total. The Labute approximate surface area is 166 Å². The summed E-state index contributed by atoms with van der Waals surface area (Å²) in [5, 5.41) is 0. The molecule has 1 aromatic rings. The van der Waals surface area contributed by atoms with E-state index >= 15 is 0 Å². The summed E-state index contributed by atoms with van der Waals surface area (Å²) < 4.78 is 60.0. The van der Waals surface area contributed by atoms with E-state index in [0.717, 1.165) is 25.0 Å². The number of nitrogens with zero attached hydrogens (tertiary/aromatic N) is 2. The summed E-state index contributed by atoms with van der Waals surface area (Å²) in [5.41, 5.74) is -0.951. The predicted molar refractivity (Wildman–Crippen MR) is 98.6 cm³/mol.